The van der Waals surface area contributed by atoms with Crippen molar-refractivity contribution in [2.75, 3.05) is 0 Å². The number of fused-ring (bicyclic) bond motifs is 4. The fourth-order valence-corrected chi connectivity index (χ4v) is 20.7. The topological polar surface area (TPSA) is 291 Å². The Hall–Kier alpha value is -15.0. The zero-order chi connectivity index (χ0) is 99.4. The fourth-order valence-electron chi connectivity index (χ4n) is 15.5. The number of carbonyl (C=O) groups is 8. The number of rotatable bonds is 28. The summed E-state index contributed by atoms with van der Waals surface area (Å²) in [6.45, 7) is 20.5. The van der Waals surface area contributed by atoms with E-state index in [-0.39, 0.29) is 79.0 Å². The molecule has 0 saturated heterocycles. The second-order valence-electron chi connectivity index (χ2n) is 31.3. The molecule has 0 fully saturated rings. The number of phenols is 4. The molecule has 0 aliphatic rings. The highest BCUT2D eigenvalue weighted by Crippen LogP contribution is 2.50. The Morgan fingerprint density at radius 1 is 0.275 bits per heavy atom. The van der Waals surface area contributed by atoms with Crippen molar-refractivity contribution in [3.63, 3.8) is 0 Å². The number of carbonyl (C=O) groups excluding carboxylic acids is 8. The van der Waals surface area contributed by atoms with Gasteiger partial charge < -0.3 is 58.3 Å². The van der Waals surface area contributed by atoms with Crippen LogP contribution in [0.2, 0.25) is 15.1 Å². The Kier molecular flexibility index (Phi) is 32.2. The Bertz CT molecular complexity index is 7130. The van der Waals surface area contributed by atoms with Crippen molar-refractivity contribution in [1.82, 2.24) is 0 Å². The van der Waals surface area contributed by atoms with Crippen LogP contribution in [0.25, 0.3) is 64.6 Å². The van der Waals surface area contributed by atoms with E-state index in [0.717, 1.165) is 45.4 Å². The minimum Gasteiger partial charge on any atom is -0.508 e. The van der Waals surface area contributed by atoms with Crippen LogP contribution in [0.1, 0.15) is 144 Å². The highest BCUT2D eigenvalue weighted by Gasteiger charge is 2.32. The smallest absolute Gasteiger partial charge is 0.297 e. The largest absolute Gasteiger partial charge is 0.508 e. The number of benzene rings is 12. The van der Waals surface area contributed by atoms with Crippen molar-refractivity contribution in [2.24, 2.45) is 0 Å². The normalized spacial score (nSPS) is 11.2. The van der Waals surface area contributed by atoms with Crippen molar-refractivity contribution >= 4 is 194 Å². The summed E-state index contributed by atoms with van der Waals surface area (Å²) in [5, 5.41) is 43.2. The number of hydrogen-bond acceptors (Lipinski definition) is 24. The first-order valence-corrected chi connectivity index (χ1v) is 45.9. The molecule has 20 nitrogen and oxygen atoms in total. The van der Waals surface area contributed by atoms with Crippen LogP contribution in [-0.2, 0) is 38.1 Å². The summed E-state index contributed by atoms with van der Waals surface area (Å²) < 4.78 is 101. The molecule has 700 valence electrons. The quantitative estimate of drug-likeness (QED) is 0.0116. The van der Waals surface area contributed by atoms with Gasteiger partial charge in [-0.15, -0.1) is 45.3 Å². The van der Waals surface area contributed by atoms with Gasteiger partial charge in [-0.05, 0) is 336 Å². The summed E-state index contributed by atoms with van der Waals surface area (Å²) in [5.41, 5.74) is 11.2. The number of phenolic OH excluding ortho intramolecular Hbond substituents is 4. The maximum absolute atomic E-state index is 13.9. The molecule has 0 spiro atoms. The Morgan fingerprint density at radius 2 is 0.522 bits per heavy atom. The van der Waals surface area contributed by atoms with E-state index in [9.17, 15) is 76.3 Å². The van der Waals surface area contributed by atoms with Crippen LogP contribution < -0.4 is 18.9 Å². The third-order valence-corrected chi connectivity index (χ3v) is 26.9. The summed E-state index contributed by atoms with van der Waals surface area (Å²) >= 11 is 23.8. The lowest BCUT2D eigenvalue weighted by molar-refractivity contribution is -0.124. The number of aromatic hydroxyl groups is 4. The highest BCUT2D eigenvalue weighted by molar-refractivity contribution is 7.22. The van der Waals surface area contributed by atoms with E-state index in [4.69, 9.17) is 53.8 Å². The van der Waals surface area contributed by atoms with Crippen molar-refractivity contribution in [2.45, 2.75) is 76.2 Å². The lowest BCUT2D eigenvalue weighted by Gasteiger charge is -2.13. The van der Waals surface area contributed by atoms with Crippen molar-refractivity contribution < 1.29 is 114 Å². The van der Waals surface area contributed by atoms with Crippen molar-refractivity contribution in [3.05, 3.63) is 371 Å². The van der Waals surface area contributed by atoms with Gasteiger partial charge in [0.05, 0.1) is 40.1 Å². The molecule has 4 aromatic heterocycles. The van der Waals surface area contributed by atoms with Gasteiger partial charge in [0.1, 0.15) is 88.8 Å². The lowest BCUT2D eigenvalue weighted by atomic mass is 9.97. The van der Waals surface area contributed by atoms with Crippen LogP contribution in [-0.4, -0.2) is 69.4 Å². The molecule has 0 atom stereocenters. The molecule has 16 aromatic rings. The van der Waals surface area contributed by atoms with Gasteiger partial charge in [-0.2, -0.15) is 0 Å². The Balaban J connectivity index is 0.000000155. The van der Waals surface area contributed by atoms with E-state index >= 15 is 0 Å². The molecule has 0 radical (unpaired) electrons. The summed E-state index contributed by atoms with van der Waals surface area (Å²) in [6, 6.07) is 46.7. The zero-order valence-corrected chi connectivity index (χ0v) is 80.4. The molecule has 138 heavy (non-hydrogen) atoms. The molecule has 4 heterocycles. The van der Waals surface area contributed by atoms with E-state index in [2.05, 4.69) is 18.9 Å². The van der Waals surface area contributed by atoms with Gasteiger partial charge in [0.15, 0.2) is 23.0 Å². The van der Waals surface area contributed by atoms with Crippen LogP contribution in [0.3, 0.4) is 0 Å². The molecule has 0 saturated carbocycles. The van der Waals surface area contributed by atoms with E-state index in [0.29, 0.717) is 192 Å². The molecule has 4 N–H and O–H groups in total. The molecular weight excluding hydrogens is 1920 g/mol. The molecule has 16 rings (SSSR count). The minimum absolute atomic E-state index is 0.0400. The number of thiophene rings is 4. The van der Waals surface area contributed by atoms with Gasteiger partial charge in [0.25, 0.3) is 25.9 Å². The number of hydrogen-bond donors (Lipinski definition) is 4. The van der Waals surface area contributed by atoms with E-state index in [1.165, 1.54) is 150 Å². The van der Waals surface area contributed by atoms with Gasteiger partial charge >= 0.3 is 0 Å². The summed E-state index contributed by atoms with van der Waals surface area (Å²) in [7, 11) is 0. The molecule has 0 bridgehead atoms. The predicted molar refractivity (Wildman–Crippen MR) is 531 cm³/mol. The maximum atomic E-state index is 13.9. The third kappa shape index (κ3) is 23.0. The van der Waals surface area contributed by atoms with E-state index in [1.807, 2.05) is 45.0 Å². The first-order valence-electron chi connectivity index (χ1n) is 41.5. The maximum Gasteiger partial charge on any atom is 0.297 e. The average molecular weight is 2000 g/mol. The molecule has 31 heteroatoms. The van der Waals surface area contributed by atoms with Gasteiger partial charge in [-0.3, -0.25) is 38.4 Å². The SMILES string of the molecule is Cc1cc(F)cc(C)c1C(=O)c1sc2cc(O)ccc2c1Oc1cc(Cl)c(/C=C/OC=O)c(Cl)c1.Cc1cc(F)cc(C)c1C(=O)c1sc2cc(O)ccc2c1Oc1ccc(/C=C/OC=O)c(Cl)c1.Cc1cc(Oc2c(C(=O)c3c(C)cc(F)cc3C)sc3cc(O)ccc23)cc(C)c1/C=C/OC=O.Cc1cc(Oc2c(C(=O)c3c(C)cc(F)cc3C)sc3cc(O)ccc23)ccc1/C=C/OC=O. The van der Waals surface area contributed by atoms with Crippen molar-refractivity contribution in [3.8, 4) is 69.0 Å². The Morgan fingerprint density at radius 3 is 0.812 bits per heavy atom. The predicted octanol–water partition coefficient (Wildman–Crippen LogP) is 29.0. The molecule has 12 aromatic carbocycles. The van der Waals surface area contributed by atoms with E-state index < -0.39 is 23.3 Å². The first kappa shape index (κ1) is 100. The first-order chi connectivity index (χ1) is 65.9. The van der Waals surface area contributed by atoms with Gasteiger partial charge in [0, 0.05) is 86.4 Å². The zero-order valence-electron chi connectivity index (χ0n) is 74.8. The van der Waals surface area contributed by atoms with Crippen LogP contribution in [0, 0.1) is 99.4 Å². The second-order valence-corrected chi connectivity index (χ2v) is 36.7. The Labute approximate surface area is 817 Å². The van der Waals surface area contributed by atoms with Crippen LogP contribution >= 0.6 is 80.1 Å². The number of ketones is 4. The van der Waals surface area contributed by atoms with Gasteiger partial charge in [-0.25, -0.2) is 17.6 Å². The van der Waals surface area contributed by atoms with E-state index in [1.54, 1.807) is 140 Å². The van der Waals surface area contributed by atoms with Crippen LogP contribution in [0.15, 0.2) is 207 Å². The summed E-state index contributed by atoms with van der Waals surface area (Å²) in [6.07, 6.45) is 11.3. The van der Waals surface area contributed by atoms with Crippen LogP contribution in [0.4, 0.5) is 17.6 Å². The summed E-state index contributed by atoms with van der Waals surface area (Å²) in [4.78, 5) is 97.3. The van der Waals surface area contributed by atoms with Crippen molar-refractivity contribution in [1.29, 1.82) is 0 Å². The van der Waals surface area contributed by atoms with Crippen LogP contribution in [0.5, 0.6) is 69.0 Å². The monoisotopic (exact) mass is 1990 g/mol. The number of ether oxygens (including phenoxy) is 8. The summed E-state index contributed by atoms with van der Waals surface area (Å²) in [5.74, 6) is 0.486. The average Bonchev–Trinajstić information content (AvgIpc) is 1.63. The standard InChI is InChI=1S/C28H23FO5S.C27H21FO5S.C26H17Cl2FO5S.C26H18ClFO5S/c1-15-11-21(12-16(2)22(15)7-8-33-14-30)34-27-23-6-5-20(31)13-24(23)35-28(27)26(32)25-17(3)9-19(29)10-18(25)4;1-15-12-21(6-4-18(15)8-9-32-14-29)33-26-22-7-5-20(30)13-23(22)34-27(26)25(31)24-16(2)10-19(28)11-17(24)3;1-13-7-15(29)8-14(2)23(13)24(32)26-25(19-4-3-16(31)9-22(19)35-26)34-17-10-20(27)18(21(28)11-17)5-6-33-12-30;1-14-9-17(28)10-15(2)23(14)24(31)26-25(20-6-4-18(30)11-22(20)34-26)33-19-5-3-16(21(27)12-19)7-8-32-13-29/h5-14,31H,1-4H3;4-14,30H,1-3H3;3-12,31H,1-2H3;3-13,30H,1-2H3/b8-7+;9-8+;6-5+;8-7+. The molecule has 0 aliphatic carbocycles. The molecular formula is C107H79Cl3F4O20S4. The second kappa shape index (κ2) is 44.2. The van der Waals surface area contributed by atoms with Gasteiger partial charge in [0.2, 0.25) is 23.1 Å². The molecule has 0 amide bonds. The molecule has 0 unspecified atom stereocenters. The molecule has 0 aliphatic heterocycles. The minimum atomic E-state index is -0.425. The number of halogens is 7. The lowest BCUT2D eigenvalue weighted by Crippen LogP contribution is -2.06. The third-order valence-electron chi connectivity index (χ3n) is 21.4. The fraction of sp³-hybridized carbons (Fsp3) is 0.103. The van der Waals surface area contributed by atoms with Gasteiger partial charge in [-0.1, -0.05) is 40.9 Å². The number of aryl methyl sites for hydroxylation is 11. The highest BCUT2D eigenvalue weighted by atomic mass is 35.5.